The van der Waals surface area contributed by atoms with E-state index in [4.69, 9.17) is 5.73 Å². The van der Waals surface area contributed by atoms with Gasteiger partial charge in [0, 0.05) is 55.2 Å². The lowest BCUT2D eigenvalue weighted by molar-refractivity contribution is -0.142. The second kappa shape index (κ2) is 19.3. The van der Waals surface area contributed by atoms with Crippen LogP contribution >= 0.6 is 11.8 Å². The normalized spacial score (nSPS) is 13.9. The maximum absolute atomic E-state index is 14.2. The summed E-state index contributed by atoms with van der Waals surface area (Å²) in [6.07, 6.45) is 9.79. The monoisotopic (exact) mass is 772 g/mol. The van der Waals surface area contributed by atoms with Gasteiger partial charge in [-0.05, 0) is 47.8 Å². The summed E-state index contributed by atoms with van der Waals surface area (Å²) in [5, 5.41) is 31.1. The first-order valence-corrected chi connectivity index (χ1v) is 18.9. The fourth-order valence-electron chi connectivity index (χ4n) is 5.94. The van der Waals surface area contributed by atoms with Crippen LogP contribution in [-0.4, -0.2) is 107 Å². The molecule has 3 aromatic heterocycles. The first-order valence-electron chi connectivity index (χ1n) is 17.5. The fourth-order valence-corrected chi connectivity index (χ4v) is 6.41. The van der Waals surface area contributed by atoms with E-state index in [1.807, 2.05) is 30.5 Å². The van der Waals surface area contributed by atoms with Gasteiger partial charge in [0.2, 0.25) is 23.6 Å². The van der Waals surface area contributed by atoms with E-state index in [1.54, 1.807) is 30.7 Å². The third-order valence-electron chi connectivity index (χ3n) is 8.89. The van der Waals surface area contributed by atoms with Crippen molar-refractivity contribution in [3.8, 4) is 5.75 Å². The van der Waals surface area contributed by atoms with Crippen LogP contribution < -0.4 is 27.0 Å². The summed E-state index contributed by atoms with van der Waals surface area (Å²) in [6.45, 7) is 0. The van der Waals surface area contributed by atoms with Gasteiger partial charge in [0.15, 0.2) is 0 Å². The Kier molecular flexibility index (Phi) is 14.0. The maximum Gasteiger partial charge on any atom is 0.326 e. The number of thioether (sulfide) groups is 1. The average Bonchev–Trinajstić information content (AvgIpc) is 3.97. The Morgan fingerprint density at radius 3 is 1.95 bits per heavy atom. The number of para-hydroxylation sites is 1. The van der Waals surface area contributed by atoms with Gasteiger partial charge in [-0.25, -0.2) is 14.8 Å². The number of imidazole rings is 2. The van der Waals surface area contributed by atoms with E-state index in [0.717, 1.165) is 16.5 Å². The summed E-state index contributed by atoms with van der Waals surface area (Å²) < 4.78 is 0. The van der Waals surface area contributed by atoms with E-state index in [-0.39, 0.29) is 37.9 Å². The molecule has 0 spiro atoms. The van der Waals surface area contributed by atoms with E-state index < -0.39 is 59.8 Å². The Hall–Kier alpha value is -6.14. The number of aromatic hydroxyl groups is 1. The van der Waals surface area contributed by atoms with Gasteiger partial charge in [-0.2, -0.15) is 11.8 Å². The number of carbonyl (C=O) groups is 5. The minimum Gasteiger partial charge on any atom is -0.508 e. The molecule has 11 N–H and O–H groups in total. The third kappa shape index (κ3) is 11.4. The van der Waals surface area contributed by atoms with Crippen LogP contribution in [0.15, 0.2) is 79.8 Å². The van der Waals surface area contributed by atoms with Crippen LogP contribution in [-0.2, 0) is 49.7 Å². The van der Waals surface area contributed by atoms with Crippen LogP contribution in [0.4, 0.5) is 0 Å². The molecular formula is C37H44N10O7S. The Balaban J connectivity index is 1.35. The fraction of sp³-hybridized carbons (Fsp3) is 0.324. The number of amides is 4. The Morgan fingerprint density at radius 1 is 0.727 bits per heavy atom. The zero-order valence-corrected chi connectivity index (χ0v) is 30.8. The number of rotatable bonds is 20. The van der Waals surface area contributed by atoms with Crippen molar-refractivity contribution in [2.24, 2.45) is 5.73 Å². The first kappa shape index (κ1) is 40.1. The number of fused-ring (bicyclic) bond motifs is 1. The number of nitrogens with two attached hydrogens (primary N) is 1. The summed E-state index contributed by atoms with van der Waals surface area (Å²) in [7, 11) is 0. The first-order chi connectivity index (χ1) is 26.5. The molecule has 3 heterocycles. The molecule has 0 bridgehead atoms. The van der Waals surface area contributed by atoms with Gasteiger partial charge in [-0.1, -0.05) is 30.3 Å². The van der Waals surface area contributed by atoms with Gasteiger partial charge in [-0.15, -0.1) is 0 Å². The van der Waals surface area contributed by atoms with Crippen molar-refractivity contribution in [3.63, 3.8) is 0 Å². The van der Waals surface area contributed by atoms with Gasteiger partial charge in [0.1, 0.15) is 29.9 Å². The number of carboxylic acids is 1. The summed E-state index contributed by atoms with van der Waals surface area (Å²) in [5.41, 5.74) is 9.34. The summed E-state index contributed by atoms with van der Waals surface area (Å²) in [5.74, 6) is -3.58. The number of hydrogen-bond donors (Lipinski definition) is 10. The molecule has 0 fully saturated rings. The van der Waals surface area contributed by atoms with Crippen LogP contribution in [0.25, 0.3) is 10.9 Å². The number of phenols is 1. The highest BCUT2D eigenvalue weighted by molar-refractivity contribution is 7.98. The van der Waals surface area contributed by atoms with E-state index >= 15 is 0 Å². The molecule has 0 saturated heterocycles. The number of nitrogens with one attached hydrogen (secondary N) is 7. The van der Waals surface area contributed by atoms with Crippen molar-refractivity contribution >= 4 is 52.3 Å². The lowest BCUT2D eigenvalue weighted by atomic mass is 10.0. The molecule has 0 aliphatic carbocycles. The molecule has 4 amide bonds. The van der Waals surface area contributed by atoms with Crippen LogP contribution in [0.5, 0.6) is 5.75 Å². The number of aromatic nitrogens is 5. The Morgan fingerprint density at radius 2 is 1.31 bits per heavy atom. The lowest BCUT2D eigenvalue weighted by Gasteiger charge is -2.26. The highest BCUT2D eigenvalue weighted by Gasteiger charge is 2.33. The predicted octanol–water partition coefficient (Wildman–Crippen LogP) is 0.695. The lowest BCUT2D eigenvalue weighted by Crippen LogP contribution is -2.59. The molecule has 290 valence electrons. The van der Waals surface area contributed by atoms with Crippen molar-refractivity contribution < 1.29 is 34.2 Å². The third-order valence-corrected chi connectivity index (χ3v) is 9.53. The van der Waals surface area contributed by atoms with Crippen molar-refractivity contribution in [1.82, 2.24) is 46.2 Å². The molecule has 0 aliphatic heterocycles. The van der Waals surface area contributed by atoms with Gasteiger partial charge < -0.3 is 52.2 Å². The molecule has 0 saturated carbocycles. The van der Waals surface area contributed by atoms with Crippen LogP contribution in [0.3, 0.4) is 0 Å². The van der Waals surface area contributed by atoms with Crippen LogP contribution in [0.1, 0.15) is 28.9 Å². The predicted molar refractivity (Wildman–Crippen MR) is 205 cm³/mol. The minimum absolute atomic E-state index is 0.0106. The minimum atomic E-state index is -1.33. The molecule has 18 heteroatoms. The molecule has 0 radical (unpaired) electrons. The number of carbonyl (C=O) groups excluding carboxylic acids is 4. The van der Waals surface area contributed by atoms with Crippen LogP contribution in [0, 0.1) is 0 Å². The van der Waals surface area contributed by atoms with E-state index in [1.165, 1.54) is 36.5 Å². The topological polar surface area (TPSA) is 273 Å². The van der Waals surface area contributed by atoms with Gasteiger partial charge >= 0.3 is 5.97 Å². The molecule has 55 heavy (non-hydrogen) atoms. The number of aliphatic carboxylic acids is 1. The van der Waals surface area contributed by atoms with Gasteiger partial charge in [0.25, 0.3) is 0 Å². The number of aromatic amines is 3. The number of carboxylic acid groups (broad SMARTS) is 1. The van der Waals surface area contributed by atoms with E-state index in [0.29, 0.717) is 22.7 Å². The summed E-state index contributed by atoms with van der Waals surface area (Å²) in [4.78, 5) is 84.5. The number of H-pyrrole nitrogens is 3. The second-order valence-electron chi connectivity index (χ2n) is 12.9. The SMILES string of the molecule is CSCC[C@H](NC(=O)[C@H](Cc1c[nH]cn1)NC(=O)[C@H](Cc1c[nH]c2ccccc12)NC(=O)[C@@H](N)Cc1c[nH]cn1)C(=O)N[C@@H](Cc1ccc(O)cc1)C(=O)O. The molecule has 5 atom stereocenters. The molecule has 5 aromatic rings. The highest BCUT2D eigenvalue weighted by Crippen LogP contribution is 2.20. The van der Waals surface area contributed by atoms with E-state index in [9.17, 15) is 34.2 Å². The summed E-state index contributed by atoms with van der Waals surface area (Å²) in [6, 6.07) is 7.42. The highest BCUT2D eigenvalue weighted by atomic mass is 32.2. The van der Waals surface area contributed by atoms with Crippen molar-refractivity contribution in [3.05, 3.63) is 102 Å². The van der Waals surface area contributed by atoms with Crippen molar-refractivity contribution in [2.75, 3.05) is 12.0 Å². The standard InChI is InChI=1S/C37H44N10O7S/c1-55-11-10-29(34(50)47-32(37(53)54)12-21-6-8-25(48)9-7-21)44-36(52)31(15-24-18-40-20-43-24)46-35(51)30(13-22-16-41-28-5-3-2-4-26(22)28)45-33(49)27(38)14-23-17-39-19-42-23/h2-9,16-20,27,29-32,41,48H,10-15,38H2,1H3,(H,39,42)(H,40,43)(H,44,52)(H,45,49)(H,46,51)(H,47,50)(H,53,54)/t27-,29-,30-,31-,32-/m0/s1. The van der Waals surface area contributed by atoms with Crippen molar-refractivity contribution in [2.45, 2.75) is 62.3 Å². The smallest absolute Gasteiger partial charge is 0.326 e. The molecule has 0 aliphatic rings. The molecule has 2 aromatic carbocycles. The number of benzene rings is 2. The van der Waals surface area contributed by atoms with Gasteiger partial charge in [-0.3, -0.25) is 19.2 Å². The second-order valence-corrected chi connectivity index (χ2v) is 13.9. The maximum atomic E-state index is 14.2. The van der Waals surface area contributed by atoms with Gasteiger partial charge in [0.05, 0.1) is 30.1 Å². The molecule has 17 nitrogen and oxygen atoms in total. The Labute approximate surface area is 320 Å². The number of nitrogens with zero attached hydrogens (tertiary/aromatic N) is 2. The van der Waals surface area contributed by atoms with Crippen LogP contribution in [0.2, 0.25) is 0 Å². The molecule has 0 unspecified atom stereocenters. The Bertz CT molecular complexity index is 2040. The molecule has 5 rings (SSSR count). The average molecular weight is 773 g/mol. The zero-order valence-electron chi connectivity index (χ0n) is 30.0. The zero-order chi connectivity index (χ0) is 39.3. The van der Waals surface area contributed by atoms with E-state index in [2.05, 4.69) is 46.2 Å². The largest absolute Gasteiger partial charge is 0.508 e. The molecular weight excluding hydrogens is 729 g/mol. The number of hydrogen-bond acceptors (Lipinski definition) is 10. The quantitative estimate of drug-likeness (QED) is 0.0526. The summed E-state index contributed by atoms with van der Waals surface area (Å²) >= 11 is 1.43. The van der Waals surface area contributed by atoms with Crippen molar-refractivity contribution in [1.29, 1.82) is 0 Å². The number of phenolic OH excluding ortho intramolecular Hbond substituents is 1.